The van der Waals surface area contributed by atoms with Crippen LogP contribution < -0.4 is 14.2 Å². The van der Waals surface area contributed by atoms with Crippen LogP contribution in [0.5, 0.6) is 23.0 Å². The summed E-state index contributed by atoms with van der Waals surface area (Å²) in [6, 6.07) is 4.90. The minimum atomic E-state index is -0.747. The van der Waals surface area contributed by atoms with Gasteiger partial charge in [-0.25, -0.2) is 0 Å². The topological polar surface area (TPSA) is 168 Å². The Kier molecular flexibility index (Phi) is 11.8. The van der Waals surface area contributed by atoms with E-state index in [0.717, 1.165) is 6.07 Å². The molecule has 2 rings (SSSR count). The number of hydrogen-bond donors (Lipinski definition) is 1. The molecule has 0 saturated heterocycles. The van der Waals surface area contributed by atoms with E-state index in [1.165, 1.54) is 39.5 Å². The van der Waals surface area contributed by atoms with Gasteiger partial charge < -0.3 is 19.3 Å². The van der Waals surface area contributed by atoms with E-state index in [1.54, 1.807) is 0 Å². The molecule has 0 saturated carbocycles. The number of rotatable bonds is 7. The Balaban J connectivity index is 0.000000544. The van der Waals surface area contributed by atoms with Gasteiger partial charge in [0.1, 0.15) is 11.1 Å². The summed E-state index contributed by atoms with van der Waals surface area (Å²) in [6.07, 6.45) is 0.593. The van der Waals surface area contributed by atoms with Crippen molar-refractivity contribution in [3.8, 4) is 23.0 Å². The summed E-state index contributed by atoms with van der Waals surface area (Å²) in [5.41, 5.74) is -1.25. The minimum Gasteiger partial charge on any atom is -0.504 e. The van der Waals surface area contributed by atoms with Gasteiger partial charge in [-0.05, 0) is 12.1 Å². The van der Waals surface area contributed by atoms with E-state index in [0.29, 0.717) is 6.29 Å². The molecule has 0 spiro atoms. The molecular formula is C17H16KN2O10. The first-order valence-electron chi connectivity index (χ1n) is 7.61. The second-order valence-corrected chi connectivity index (χ2v) is 5.03. The van der Waals surface area contributed by atoms with E-state index in [4.69, 9.17) is 14.2 Å². The quantitative estimate of drug-likeness (QED) is 0.287. The van der Waals surface area contributed by atoms with Crippen molar-refractivity contribution < 1.29 is 38.8 Å². The van der Waals surface area contributed by atoms with Crippen LogP contribution in [0.2, 0.25) is 0 Å². The molecule has 0 amide bonds. The molecule has 13 heteroatoms. The van der Waals surface area contributed by atoms with Crippen molar-refractivity contribution in [3.63, 3.8) is 0 Å². The smallest absolute Gasteiger partial charge is 0.283 e. The van der Waals surface area contributed by atoms with Crippen molar-refractivity contribution in [1.29, 1.82) is 0 Å². The zero-order valence-corrected chi connectivity index (χ0v) is 19.6. The van der Waals surface area contributed by atoms with Crippen molar-refractivity contribution in [1.82, 2.24) is 0 Å². The number of ether oxygens (including phenoxy) is 3. The van der Waals surface area contributed by atoms with Gasteiger partial charge in [0.15, 0.2) is 35.6 Å². The fourth-order valence-corrected chi connectivity index (χ4v) is 2.23. The van der Waals surface area contributed by atoms with Crippen LogP contribution in [-0.4, -0.2) is 100 Å². The molecule has 1 radical (unpaired) electrons. The maximum absolute atomic E-state index is 10.7. The van der Waals surface area contributed by atoms with Gasteiger partial charge in [0.25, 0.3) is 11.4 Å². The molecule has 1 N–H and O–H groups in total. The minimum absolute atomic E-state index is 0. The van der Waals surface area contributed by atoms with Crippen LogP contribution in [0, 0.1) is 20.2 Å². The number of nitro groups is 2. The van der Waals surface area contributed by atoms with Gasteiger partial charge in [-0.15, -0.1) is 0 Å². The maximum Gasteiger partial charge on any atom is 0.283 e. The first kappa shape index (κ1) is 27.4. The van der Waals surface area contributed by atoms with Gasteiger partial charge in [0.2, 0.25) is 0 Å². The number of benzene rings is 2. The second-order valence-electron chi connectivity index (χ2n) is 5.03. The van der Waals surface area contributed by atoms with Gasteiger partial charge in [0, 0.05) is 63.5 Å². The van der Waals surface area contributed by atoms with Crippen LogP contribution in [0.3, 0.4) is 0 Å². The maximum atomic E-state index is 10.7. The molecule has 0 bridgehead atoms. The number of carbonyl (C=O) groups excluding carboxylic acids is 2. The van der Waals surface area contributed by atoms with Gasteiger partial charge in [-0.3, -0.25) is 29.8 Å². The molecule has 155 valence electrons. The monoisotopic (exact) mass is 447 g/mol. The average molecular weight is 447 g/mol. The van der Waals surface area contributed by atoms with Crippen molar-refractivity contribution >= 4 is 75.3 Å². The number of aromatic hydroxyl groups is 1. The predicted molar refractivity (Wildman–Crippen MR) is 104 cm³/mol. The fraction of sp³-hybridized carbons (Fsp3) is 0.176. The third-order valence-corrected chi connectivity index (χ3v) is 3.57. The molecule has 0 heterocycles. The van der Waals surface area contributed by atoms with Crippen LogP contribution in [0.15, 0.2) is 24.3 Å². The molecular weight excluding hydrogens is 431 g/mol. The molecule has 0 atom stereocenters. The van der Waals surface area contributed by atoms with Crippen molar-refractivity contribution in [2.75, 3.05) is 21.3 Å². The normalized spacial score (nSPS) is 9.17. The summed E-state index contributed by atoms with van der Waals surface area (Å²) >= 11 is 0. The largest absolute Gasteiger partial charge is 0.504 e. The molecule has 0 aromatic heterocycles. The molecule has 2 aromatic rings. The zero-order valence-electron chi connectivity index (χ0n) is 16.5. The van der Waals surface area contributed by atoms with Crippen molar-refractivity contribution in [3.05, 3.63) is 55.6 Å². The SMILES string of the molecule is COc1ccc([N+](=O)[O-])c(C=O)c1O.COc1ccc([N+](=O)[O-])c(C=O)c1OC.[K]. The van der Waals surface area contributed by atoms with Crippen LogP contribution >= 0.6 is 0 Å². The number of nitrogens with zero attached hydrogens (tertiary/aromatic N) is 2. The third-order valence-electron chi connectivity index (χ3n) is 3.57. The van der Waals surface area contributed by atoms with Crippen LogP contribution in [0.1, 0.15) is 20.7 Å². The Bertz CT molecular complexity index is 949. The Morgan fingerprint density at radius 1 is 0.800 bits per heavy atom. The van der Waals surface area contributed by atoms with Crippen molar-refractivity contribution in [2.24, 2.45) is 0 Å². The number of aldehydes is 2. The average Bonchev–Trinajstić information content (AvgIpc) is 2.72. The van der Waals surface area contributed by atoms with E-state index in [-0.39, 0.29) is 91.7 Å². The second kappa shape index (κ2) is 12.9. The van der Waals surface area contributed by atoms with E-state index in [1.807, 2.05) is 0 Å². The molecule has 0 aliphatic rings. The molecule has 30 heavy (non-hydrogen) atoms. The van der Waals surface area contributed by atoms with Gasteiger partial charge in [-0.2, -0.15) is 0 Å². The number of carbonyl (C=O) groups is 2. The number of phenolic OH excluding ortho intramolecular Hbond substituents is 1. The first-order valence-corrected chi connectivity index (χ1v) is 7.61. The van der Waals surface area contributed by atoms with Crippen LogP contribution in [0.4, 0.5) is 11.4 Å². The van der Waals surface area contributed by atoms with Gasteiger partial charge >= 0.3 is 0 Å². The standard InChI is InChI=1S/C9H9NO5.C8H7NO5.K/c1-14-8-4-3-7(10(12)13)6(5-11)9(8)15-2;1-14-7-3-2-6(9(12)13)5(4-10)8(7)11;/h3-5H,1-2H3;2-4,11H,1H3;. The summed E-state index contributed by atoms with van der Waals surface area (Å²) in [7, 11) is 3.99. The molecule has 0 aliphatic carbocycles. The molecule has 0 unspecified atom stereocenters. The van der Waals surface area contributed by atoms with Crippen molar-refractivity contribution in [2.45, 2.75) is 0 Å². The fourth-order valence-electron chi connectivity index (χ4n) is 2.23. The zero-order chi connectivity index (χ0) is 22.1. The summed E-state index contributed by atoms with van der Waals surface area (Å²) in [4.78, 5) is 40.9. The Morgan fingerprint density at radius 2 is 1.23 bits per heavy atom. The van der Waals surface area contributed by atoms with Gasteiger partial charge in [-0.1, -0.05) is 0 Å². The number of nitro benzene ring substituents is 2. The van der Waals surface area contributed by atoms with E-state index in [2.05, 4.69) is 0 Å². The number of methoxy groups -OCH3 is 3. The van der Waals surface area contributed by atoms with E-state index in [9.17, 15) is 34.9 Å². The van der Waals surface area contributed by atoms with Crippen LogP contribution in [0.25, 0.3) is 0 Å². The molecule has 12 nitrogen and oxygen atoms in total. The third kappa shape index (κ3) is 6.20. The Hall–Kier alpha value is -2.58. The first-order chi connectivity index (χ1) is 13.8. The Morgan fingerprint density at radius 3 is 1.60 bits per heavy atom. The van der Waals surface area contributed by atoms with Crippen LogP contribution in [-0.2, 0) is 0 Å². The van der Waals surface area contributed by atoms with E-state index >= 15 is 0 Å². The molecule has 0 fully saturated rings. The van der Waals surface area contributed by atoms with Gasteiger partial charge in [0.05, 0.1) is 31.2 Å². The number of phenols is 1. The summed E-state index contributed by atoms with van der Waals surface area (Å²) in [5.74, 6) is -0.138. The van der Waals surface area contributed by atoms with E-state index < -0.39 is 21.3 Å². The number of hydrogen-bond acceptors (Lipinski definition) is 10. The predicted octanol–water partition coefficient (Wildman–Crippen LogP) is 2.17. The summed E-state index contributed by atoms with van der Waals surface area (Å²) in [6.45, 7) is 0. The molecule has 0 aliphatic heterocycles. The summed E-state index contributed by atoms with van der Waals surface area (Å²) < 4.78 is 14.5. The Labute approximate surface area is 212 Å². The summed E-state index contributed by atoms with van der Waals surface area (Å²) in [5, 5.41) is 30.4. The molecule has 2 aromatic carbocycles.